The monoisotopic (exact) mass is 267 g/mol. The molecule has 0 aliphatic carbocycles. The maximum atomic E-state index is 11.3. The van der Waals surface area contributed by atoms with Crippen LogP contribution < -0.4 is 0 Å². The van der Waals surface area contributed by atoms with Gasteiger partial charge in [-0.05, 0) is 12.5 Å². The minimum atomic E-state index is -2.81. The van der Waals surface area contributed by atoms with Crippen LogP contribution in [0.1, 0.15) is 22.8 Å². The van der Waals surface area contributed by atoms with E-state index in [1.807, 2.05) is 24.3 Å². The summed E-state index contributed by atoms with van der Waals surface area (Å²) in [7, 11) is -2.81. The first-order chi connectivity index (χ1) is 8.46. The minimum Gasteiger partial charge on any atom is -0.297 e. The summed E-state index contributed by atoms with van der Waals surface area (Å²) in [4.78, 5) is 13.3. The molecule has 0 radical (unpaired) electrons. The van der Waals surface area contributed by atoms with Crippen LogP contribution in [0.2, 0.25) is 0 Å². The van der Waals surface area contributed by atoms with Crippen LogP contribution in [-0.4, -0.2) is 43.7 Å². The van der Waals surface area contributed by atoms with E-state index in [4.69, 9.17) is 0 Å². The molecule has 1 saturated heterocycles. The first kappa shape index (κ1) is 13.2. The van der Waals surface area contributed by atoms with E-state index in [9.17, 15) is 13.2 Å². The third-order valence-corrected chi connectivity index (χ3v) is 4.81. The fraction of sp³-hybridized carbons (Fsp3) is 0.462. The van der Waals surface area contributed by atoms with Gasteiger partial charge in [-0.25, -0.2) is 8.42 Å². The van der Waals surface area contributed by atoms with Gasteiger partial charge in [0.05, 0.1) is 11.5 Å². The van der Waals surface area contributed by atoms with Gasteiger partial charge in [0.25, 0.3) is 0 Å². The number of rotatable bonds is 3. The van der Waals surface area contributed by atoms with Crippen molar-refractivity contribution in [3.63, 3.8) is 0 Å². The van der Waals surface area contributed by atoms with E-state index in [1.54, 1.807) is 6.92 Å². The van der Waals surface area contributed by atoms with Crippen LogP contribution in [0.4, 0.5) is 0 Å². The number of sulfone groups is 1. The molecule has 2 rings (SSSR count). The number of carbonyl (C=O) groups is 1. The summed E-state index contributed by atoms with van der Waals surface area (Å²) in [5, 5.41) is 0. The number of carbonyl (C=O) groups excluding carboxylic acids is 1. The van der Waals surface area contributed by atoms with E-state index in [-0.39, 0.29) is 17.3 Å². The second-order valence-corrected chi connectivity index (χ2v) is 6.98. The molecular weight excluding hydrogens is 250 g/mol. The quantitative estimate of drug-likeness (QED) is 0.770. The van der Waals surface area contributed by atoms with Crippen molar-refractivity contribution in [1.82, 2.24) is 4.90 Å². The third-order valence-electron chi connectivity index (χ3n) is 3.20. The Bertz CT molecular complexity index is 520. The molecule has 0 unspecified atom stereocenters. The summed E-state index contributed by atoms with van der Waals surface area (Å²) in [6.07, 6.45) is 0. The molecule has 0 amide bonds. The zero-order chi connectivity index (χ0) is 13.2. The maximum absolute atomic E-state index is 11.3. The van der Waals surface area contributed by atoms with Crippen molar-refractivity contribution in [1.29, 1.82) is 0 Å². The van der Waals surface area contributed by atoms with E-state index >= 15 is 0 Å². The molecule has 1 aromatic rings. The second-order valence-electron chi connectivity index (χ2n) is 4.68. The number of Topliss-reactive ketones (excluding diaryl/α,β-unsaturated/α-hetero) is 1. The van der Waals surface area contributed by atoms with E-state index < -0.39 is 9.84 Å². The van der Waals surface area contributed by atoms with Crippen LogP contribution in [0.5, 0.6) is 0 Å². The molecule has 4 nitrogen and oxygen atoms in total. The number of hydrogen-bond acceptors (Lipinski definition) is 4. The molecule has 0 spiro atoms. The Kier molecular flexibility index (Phi) is 3.82. The largest absolute Gasteiger partial charge is 0.297 e. The zero-order valence-corrected chi connectivity index (χ0v) is 11.2. The van der Waals surface area contributed by atoms with Crippen LogP contribution in [0.25, 0.3) is 0 Å². The van der Waals surface area contributed by atoms with Gasteiger partial charge in [0.1, 0.15) is 0 Å². The van der Waals surface area contributed by atoms with Gasteiger partial charge in [0.15, 0.2) is 15.6 Å². The van der Waals surface area contributed by atoms with Crippen molar-refractivity contribution in [2.75, 3.05) is 24.6 Å². The number of benzene rings is 1. The average Bonchev–Trinajstić information content (AvgIpc) is 2.33. The Hall–Kier alpha value is -1.20. The number of ketones is 1. The molecule has 1 aromatic carbocycles. The van der Waals surface area contributed by atoms with Gasteiger partial charge in [0, 0.05) is 25.2 Å². The maximum Gasteiger partial charge on any atom is 0.159 e. The summed E-state index contributed by atoms with van der Waals surface area (Å²) in [6, 6.07) is 7.50. The van der Waals surface area contributed by atoms with Gasteiger partial charge in [-0.15, -0.1) is 0 Å². The third kappa shape index (κ3) is 3.40. The summed E-state index contributed by atoms with van der Waals surface area (Å²) >= 11 is 0. The lowest BCUT2D eigenvalue weighted by Gasteiger charge is -2.26. The average molecular weight is 267 g/mol. The highest BCUT2D eigenvalue weighted by Crippen LogP contribution is 2.11. The van der Waals surface area contributed by atoms with E-state index in [1.165, 1.54) is 0 Å². The van der Waals surface area contributed by atoms with E-state index in [0.717, 1.165) is 12.1 Å². The fourth-order valence-electron chi connectivity index (χ4n) is 2.01. The van der Waals surface area contributed by atoms with Crippen LogP contribution in [0, 0.1) is 0 Å². The number of nitrogens with zero attached hydrogens (tertiary/aromatic N) is 1. The van der Waals surface area contributed by atoms with Crippen molar-refractivity contribution < 1.29 is 13.2 Å². The van der Waals surface area contributed by atoms with Gasteiger partial charge in [-0.2, -0.15) is 0 Å². The highest BCUT2D eigenvalue weighted by Gasteiger charge is 2.21. The van der Waals surface area contributed by atoms with Gasteiger partial charge in [-0.1, -0.05) is 24.3 Å². The minimum absolute atomic E-state index is 0.0608. The van der Waals surface area contributed by atoms with Crippen molar-refractivity contribution in [3.05, 3.63) is 35.4 Å². The Balaban J connectivity index is 1.96. The first-order valence-electron chi connectivity index (χ1n) is 5.99. The SMILES string of the molecule is CC(=O)c1ccc(CN2CCS(=O)(=O)CC2)cc1. The molecule has 5 heteroatoms. The van der Waals surface area contributed by atoms with E-state index in [2.05, 4.69) is 4.90 Å². The van der Waals surface area contributed by atoms with Crippen LogP contribution in [0.3, 0.4) is 0 Å². The molecule has 0 N–H and O–H groups in total. The molecule has 1 heterocycles. The molecule has 0 aromatic heterocycles. The Morgan fingerprint density at radius 2 is 1.72 bits per heavy atom. The van der Waals surface area contributed by atoms with E-state index in [0.29, 0.717) is 18.7 Å². The lowest BCUT2D eigenvalue weighted by Crippen LogP contribution is -2.39. The first-order valence-corrected chi connectivity index (χ1v) is 7.81. The molecule has 0 atom stereocenters. The second kappa shape index (κ2) is 5.20. The molecule has 0 bridgehead atoms. The van der Waals surface area contributed by atoms with Gasteiger partial charge in [0.2, 0.25) is 0 Å². The molecule has 0 saturated carbocycles. The normalized spacial score (nSPS) is 19.6. The predicted octanol–water partition coefficient (Wildman–Crippen LogP) is 1.12. The molecule has 98 valence electrons. The molecule has 18 heavy (non-hydrogen) atoms. The molecule has 1 aliphatic heterocycles. The smallest absolute Gasteiger partial charge is 0.159 e. The standard InChI is InChI=1S/C13H17NO3S/c1-11(15)13-4-2-12(3-5-13)10-14-6-8-18(16,17)9-7-14/h2-5H,6-10H2,1H3. The summed E-state index contributed by atoms with van der Waals surface area (Å²) in [5.74, 6) is 0.558. The van der Waals surface area contributed by atoms with Crippen LogP contribution in [-0.2, 0) is 16.4 Å². The Morgan fingerprint density at radius 1 is 1.17 bits per heavy atom. The summed E-state index contributed by atoms with van der Waals surface area (Å²) in [6.45, 7) is 3.48. The van der Waals surface area contributed by atoms with Crippen molar-refractivity contribution in [3.8, 4) is 0 Å². The van der Waals surface area contributed by atoms with Crippen LogP contribution in [0.15, 0.2) is 24.3 Å². The highest BCUT2D eigenvalue weighted by molar-refractivity contribution is 7.91. The Labute approximate surface area is 108 Å². The summed E-state index contributed by atoms with van der Waals surface area (Å²) in [5.41, 5.74) is 1.82. The van der Waals surface area contributed by atoms with Crippen molar-refractivity contribution in [2.45, 2.75) is 13.5 Å². The van der Waals surface area contributed by atoms with Crippen molar-refractivity contribution >= 4 is 15.6 Å². The Morgan fingerprint density at radius 3 is 2.22 bits per heavy atom. The highest BCUT2D eigenvalue weighted by atomic mass is 32.2. The zero-order valence-electron chi connectivity index (χ0n) is 10.4. The molecule has 1 fully saturated rings. The lowest BCUT2D eigenvalue weighted by atomic mass is 10.1. The van der Waals surface area contributed by atoms with Gasteiger partial charge < -0.3 is 0 Å². The summed E-state index contributed by atoms with van der Waals surface area (Å²) < 4.78 is 22.6. The molecular formula is C13H17NO3S. The van der Waals surface area contributed by atoms with Gasteiger partial charge >= 0.3 is 0 Å². The predicted molar refractivity (Wildman–Crippen MR) is 70.4 cm³/mol. The lowest BCUT2D eigenvalue weighted by molar-refractivity contribution is 0.101. The van der Waals surface area contributed by atoms with Crippen LogP contribution >= 0.6 is 0 Å². The molecule has 1 aliphatic rings. The van der Waals surface area contributed by atoms with Gasteiger partial charge in [-0.3, -0.25) is 9.69 Å². The van der Waals surface area contributed by atoms with Crippen molar-refractivity contribution in [2.24, 2.45) is 0 Å². The topological polar surface area (TPSA) is 54.5 Å². The fourth-order valence-corrected chi connectivity index (χ4v) is 3.29. The number of hydrogen-bond donors (Lipinski definition) is 0.